The molecule has 1 fully saturated rings. The molecule has 1 heterocycles. The number of hydrogen-bond acceptors (Lipinski definition) is 11. The van der Waals surface area contributed by atoms with Crippen LogP contribution < -0.4 is 31.3 Å². The first-order chi connectivity index (χ1) is 45.1. The highest BCUT2D eigenvalue weighted by Crippen LogP contribution is 2.45. The van der Waals surface area contributed by atoms with E-state index in [9.17, 15) is 19.5 Å². The van der Waals surface area contributed by atoms with Crippen molar-refractivity contribution in [3.63, 3.8) is 0 Å². The summed E-state index contributed by atoms with van der Waals surface area (Å²) in [7, 11) is 0. The molecule has 1 saturated heterocycles. The molecule has 1 aliphatic heterocycles. The van der Waals surface area contributed by atoms with Gasteiger partial charge in [0.2, 0.25) is 29.5 Å². The fraction of sp³-hybridized carbons (Fsp3) is 0.364. The van der Waals surface area contributed by atoms with Gasteiger partial charge in [-0.2, -0.15) is 0 Å². The average Bonchev–Trinajstić information content (AvgIpc) is 1.48. The zero-order chi connectivity index (χ0) is 68.2. The Hall–Kier alpha value is -9.65. The number of amides is 6. The number of ether oxygens (including phenoxy) is 4. The molecular weight excluding hydrogens is 1200 g/mol. The summed E-state index contributed by atoms with van der Waals surface area (Å²) in [5, 5.41) is 24.9. The second-order valence-corrected chi connectivity index (χ2v) is 27.4. The average molecular weight is 1290 g/mol. The van der Waals surface area contributed by atoms with Gasteiger partial charge in [0, 0.05) is 31.7 Å². The van der Waals surface area contributed by atoms with E-state index in [-0.39, 0.29) is 38.3 Å². The molecule has 6 N–H and O–H groups in total. The monoisotopic (exact) mass is 1290 g/mol. The van der Waals surface area contributed by atoms with Crippen LogP contribution in [0, 0.1) is 0 Å². The van der Waals surface area contributed by atoms with Gasteiger partial charge >= 0.3 is 12.1 Å². The SMILES string of the molecule is C[C@@H](OC(C)(C)C)[C@H](NC(=O)[C@H](CC(=O)NC(c1ccccc1)(c1ccccc1)c1ccccc1)NC(=O)[C@@H]1C[C@@H](OC(C)(C)C)CN1C(=O)[C@@H](Cc1ccc(OC(C)(C)C)cc1)NC(=O)OCC1c2ccccc2-c2ccccc21)C(=O)N[C@@H](Cc1ccccc1)C(=O)O. The van der Waals surface area contributed by atoms with Gasteiger partial charge in [-0.15, -0.1) is 0 Å². The Bertz CT molecular complexity index is 3650. The number of hydrogen-bond donors (Lipinski definition) is 6. The van der Waals surface area contributed by atoms with Crippen LogP contribution in [0.2, 0.25) is 0 Å². The molecule has 2 aliphatic rings. The number of nitrogens with one attached hydrogen (secondary N) is 5. The smallest absolute Gasteiger partial charge is 0.407 e. The van der Waals surface area contributed by atoms with E-state index in [4.69, 9.17) is 18.9 Å². The lowest BCUT2D eigenvalue weighted by Gasteiger charge is -2.37. The Morgan fingerprint density at radius 2 is 1.03 bits per heavy atom. The Labute approximate surface area is 556 Å². The third kappa shape index (κ3) is 18.2. The maximum absolute atomic E-state index is 15.7. The number of carboxylic acids is 1. The first-order valence-electron chi connectivity index (χ1n) is 32.4. The fourth-order valence-corrected chi connectivity index (χ4v) is 12.6. The Kier molecular flexibility index (Phi) is 22.1. The zero-order valence-corrected chi connectivity index (χ0v) is 55.7. The van der Waals surface area contributed by atoms with Crippen LogP contribution in [0.25, 0.3) is 11.1 Å². The number of nitrogens with zero attached hydrogens (tertiary/aromatic N) is 1. The van der Waals surface area contributed by atoms with E-state index in [2.05, 4.69) is 26.6 Å². The van der Waals surface area contributed by atoms with Crippen molar-refractivity contribution in [2.75, 3.05) is 13.2 Å². The molecule has 1 aliphatic carbocycles. The molecule has 18 nitrogen and oxygen atoms in total. The molecule has 0 unspecified atom stereocenters. The highest BCUT2D eigenvalue weighted by molar-refractivity contribution is 5.98. The minimum Gasteiger partial charge on any atom is -0.488 e. The standard InChI is InChI=1S/C77H88N6O12/c1-49(93-74(2,3)4)67(70(87)79-64(72(89)90)44-50-27-15-11-16-28-50)81-68(85)62(46-66(84)82-77(52-29-17-12-18-30-52,53-31-19-13-20-32-53)54-33-21-14-22-34-54)78-69(86)65-45-56(95-76(8,9)10)47-83(65)71(88)63(43-51-39-41-55(42-40-51)94-75(5,6)7)80-73(91)92-48-61-59-37-25-23-35-57(59)58-36-24-26-38-60(58)61/h11-42,49,56,61-65,67H,43-48H2,1-10H3,(H,78,86)(H,79,87)(H,80,91)(H,81,85)(H,82,84)(H,89,90)/t49-,56-,62+,63-,64+,65+,67+/m1/s1. The lowest BCUT2D eigenvalue weighted by molar-refractivity contribution is -0.145. The van der Waals surface area contributed by atoms with Crippen molar-refractivity contribution in [2.45, 2.75) is 166 Å². The van der Waals surface area contributed by atoms with Crippen molar-refractivity contribution in [1.29, 1.82) is 0 Å². The molecule has 0 aromatic heterocycles. The molecule has 6 amide bonds. The van der Waals surface area contributed by atoms with E-state index in [0.29, 0.717) is 33.6 Å². The van der Waals surface area contributed by atoms with E-state index in [1.165, 1.54) is 4.90 Å². The lowest BCUT2D eigenvalue weighted by atomic mass is 9.77. The quantitative estimate of drug-likeness (QED) is 0.0293. The molecule has 498 valence electrons. The number of carboxylic acid groups (broad SMARTS) is 1. The Balaban J connectivity index is 1.07. The third-order valence-electron chi connectivity index (χ3n) is 16.5. The van der Waals surface area contributed by atoms with E-state index in [1.807, 2.05) is 181 Å². The molecule has 7 aromatic carbocycles. The summed E-state index contributed by atoms with van der Waals surface area (Å²) in [4.78, 5) is 106. The molecule has 0 bridgehead atoms. The first-order valence-corrected chi connectivity index (χ1v) is 32.4. The van der Waals surface area contributed by atoms with Gasteiger partial charge in [-0.25, -0.2) is 9.59 Å². The minimum atomic E-state index is -1.79. The number of carbonyl (C=O) groups excluding carboxylic acids is 6. The van der Waals surface area contributed by atoms with Gasteiger partial charge < -0.3 is 55.5 Å². The van der Waals surface area contributed by atoms with Gasteiger partial charge in [-0.3, -0.25) is 24.0 Å². The van der Waals surface area contributed by atoms with Gasteiger partial charge in [0.1, 0.15) is 53.7 Å². The summed E-state index contributed by atoms with van der Waals surface area (Å²) in [5.41, 5.74) is 3.78. The van der Waals surface area contributed by atoms with Gasteiger partial charge in [0.15, 0.2) is 0 Å². The predicted molar refractivity (Wildman–Crippen MR) is 363 cm³/mol. The normalized spacial score (nSPS) is 16.3. The molecule has 7 atom stereocenters. The van der Waals surface area contributed by atoms with E-state index in [1.54, 1.807) is 82.3 Å². The number of likely N-dealkylation sites (tertiary alicyclic amines) is 1. The summed E-state index contributed by atoms with van der Waals surface area (Å²) < 4.78 is 25.0. The second kappa shape index (κ2) is 30.2. The highest BCUT2D eigenvalue weighted by atomic mass is 16.5. The Morgan fingerprint density at radius 1 is 0.537 bits per heavy atom. The van der Waals surface area contributed by atoms with E-state index >= 15 is 19.2 Å². The number of aliphatic carboxylic acids is 1. The summed E-state index contributed by atoms with van der Waals surface area (Å²) in [6.07, 6.45) is -3.72. The maximum Gasteiger partial charge on any atom is 0.407 e. The predicted octanol–water partition coefficient (Wildman–Crippen LogP) is 10.6. The molecular formula is C77H88N6O12. The van der Waals surface area contributed by atoms with Crippen LogP contribution in [0.5, 0.6) is 5.75 Å². The van der Waals surface area contributed by atoms with Crippen molar-refractivity contribution >= 4 is 41.6 Å². The molecule has 7 aromatic rings. The van der Waals surface area contributed by atoms with E-state index in [0.717, 1.165) is 22.3 Å². The zero-order valence-electron chi connectivity index (χ0n) is 55.7. The van der Waals surface area contributed by atoms with Gasteiger partial charge in [0.05, 0.1) is 29.8 Å². The van der Waals surface area contributed by atoms with Crippen molar-refractivity contribution in [3.8, 4) is 16.9 Å². The van der Waals surface area contributed by atoms with Crippen molar-refractivity contribution in [3.05, 3.63) is 233 Å². The summed E-state index contributed by atoms with van der Waals surface area (Å²) in [6, 6.07) is 52.1. The van der Waals surface area contributed by atoms with Gasteiger partial charge in [-0.05, 0) is 131 Å². The number of benzene rings is 7. The summed E-state index contributed by atoms with van der Waals surface area (Å²) >= 11 is 0. The van der Waals surface area contributed by atoms with Crippen molar-refractivity contribution in [1.82, 2.24) is 31.5 Å². The number of carbonyl (C=O) groups is 7. The molecule has 0 spiro atoms. The van der Waals surface area contributed by atoms with Crippen LogP contribution in [0.3, 0.4) is 0 Å². The fourth-order valence-electron chi connectivity index (χ4n) is 12.6. The molecule has 0 radical (unpaired) electrons. The number of rotatable bonds is 25. The van der Waals surface area contributed by atoms with Gasteiger partial charge in [0.25, 0.3) is 0 Å². The lowest BCUT2D eigenvalue weighted by Crippen LogP contribution is -2.62. The molecule has 18 heteroatoms. The van der Waals surface area contributed by atoms with Crippen molar-refractivity contribution in [2.24, 2.45) is 0 Å². The molecule has 0 saturated carbocycles. The topological polar surface area (TPSA) is 240 Å². The van der Waals surface area contributed by atoms with Crippen LogP contribution in [-0.4, -0.2) is 124 Å². The van der Waals surface area contributed by atoms with Crippen LogP contribution >= 0.6 is 0 Å². The molecule has 9 rings (SSSR count). The number of fused-ring (bicyclic) bond motifs is 3. The third-order valence-corrected chi connectivity index (χ3v) is 16.5. The summed E-state index contributed by atoms with van der Waals surface area (Å²) in [6.45, 7) is 18.0. The molecule has 95 heavy (non-hydrogen) atoms. The first kappa shape index (κ1) is 69.7. The van der Waals surface area contributed by atoms with Crippen LogP contribution in [0.4, 0.5) is 4.79 Å². The Morgan fingerprint density at radius 3 is 1.54 bits per heavy atom. The number of alkyl carbamates (subject to hydrolysis) is 1. The maximum atomic E-state index is 15.7. The van der Waals surface area contributed by atoms with Gasteiger partial charge in [-0.1, -0.05) is 182 Å². The van der Waals surface area contributed by atoms with Crippen LogP contribution in [-0.2, 0) is 61.4 Å². The minimum absolute atomic E-state index is 0.0481. The van der Waals surface area contributed by atoms with E-state index < -0.39 is 113 Å². The largest absolute Gasteiger partial charge is 0.488 e. The second-order valence-electron chi connectivity index (χ2n) is 27.4. The van der Waals surface area contributed by atoms with Crippen molar-refractivity contribution < 1.29 is 57.6 Å². The highest BCUT2D eigenvalue weighted by Gasteiger charge is 2.46. The van der Waals surface area contributed by atoms with Crippen LogP contribution in [0.15, 0.2) is 194 Å². The summed E-state index contributed by atoms with van der Waals surface area (Å²) in [5.74, 6) is -5.20. The van der Waals surface area contributed by atoms with Crippen LogP contribution in [0.1, 0.15) is 127 Å².